The van der Waals surface area contributed by atoms with E-state index >= 15 is 0 Å². The van der Waals surface area contributed by atoms with Crippen LogP contribution in [0.4, 0.5) is 13.2 Å². The number of hydrogen-bond acceptors (Lipinski definition) is 2. The minimum atomic E-state index is -4.91. The first-order valence-electron chi connectivity index (χ1n) is 7.97. The molecule has 3 aromatic rings. The summed E-state index contributed by atoms with van der Waals surface area (Å²) in [5.74, 6) is -0.395. The second kappa shape index (κ2) is 5.54. The van der Waals surface area contributed by atoms with Crippen LogP contribution in [0.3, 0.4) is 0 Å². The van der Waals surface area contributed by atoms with Crippen molar-refractivity contribution >= 4 is 5.78 Å². The zero-order valence-electron chi connectivity index (χ0n) is 13.4. The number of benzene rings is 3. The van der Waals surface area contributed by atoms with Crippen LogP contribution in [0.5, 0.6) is 0 Å². The van der Waals surface area contributed by atoms with Gasteiger partial charge in [0.05, 0.1) is 0 Å². The minimum Gasteiger partial charge on any atom is -0.372 e. The van der Waals surface area contributed by atoms with E-state index in [0.29, 0.717) is 11.1 Å². The summed E-state index contributed by atoms with van der Waals surface area (Å²) < 4.78 is 41.5. The van der Waals surface area contributed by atoms with Gasteiger partial charge in [-0.3, -0.25) is 4.79 Å². The molecule has 130 valence electrons. The van der Waals surface area contributed by atoms with Crippen LogP contribution in [0.1, 0.15) is 27.0 Å². The van der Waals surface area contributed by atoms with Crippen LogP contribution >= 0.6 is 0 Å². The lowest BCUT2D eigenvalue weighted by Gasteiger charge is -2.28. The first-order chi connectivity index (χ1) is 12.3. The molecule has 4 rings (SSSR count). The molecular formula is C21H13F3O2. The van der Waals surface area contributed by atoms with E-state index in [2.05, 4.69) is 0 Å². The largest absolute Gasteiger partial charge is 0.425 e. The van der Waals surface area contributed by atoms with Crippen molar-refractivity contribution in [2.24, 2.45) is 0 Å². The molecule has 26 heavy (non-hydrogen) atoms. The summed E-state index contributed by atoms with van der Waals surface area (Å²) in [7, 11) is 0. The molecule has 2 nitrogen and oxygen atoms in total. The number of carbonyl (C=O) groups excluding carboxylic acids is 1. The van der Waals surface area contributed by atoms with E-state index in [1.807, 2.05) is 0 Å². The Balaban J connectivity index is 1.92. The van der Waals surface area contributed by atoms with Gasteiger partial charge >= 0.3 is 6.18 Å². The fraction of sp³-hybridized carbons (Fsp3) is 0.0952. The monoisotopic (exact) mass is 354 g/mol. The predicted molar refractivity (Wildman–Crippen MR) is 90.8 cm³/mol. The summed E-state index contributed by atoms with van der Waals surface area (Å²) in [5, 5.41) is 10.7. The minimum absolute atomic E-state index is 0.102. The Hall–Kier alpha value is -2.92. The van der Waals surface area contributed by atoms with E-state index in [1.54, 1.807) is 36.4 Å². The van der Waals surface area contributed by atoms with Crippen molar-refractivity contribution in [1.29, 1.82) is 0 Å². The maximum atomic E-state index is 13.8. The lowest BCUT2D eigenvalue weighted by Crippen LogP contribution is -2.41. The lowest BCUT2D eigenvalue weighted by atomic mass is 9.89. The van der Waals surface area contributed by atoms with Crippen molar-refractivity contribution in [2.45, 2.75) is 11.8 Å². The van der Waals surface area contributed by atoms with Gasteiger partial charge in [0.2, 0.25) is 5.60 Å². The summed E-state index contributed by atoms with van der Waals surface area (Å²) in [4.78, 5) is 12.6. The van der Waals surface area contributed by atoms with E-state index in [1.165, 1.54) is 30.3 Å². The normalized spacial score (nSPS) is 18.3. The van der Waals surface area contributed by atoms with Gasteiger partial charge in [0.25, 0.3) is 0 Å². The second-order valence-corrected chi connectivity index (χ2v) is 6.21. The van der Waals surface area contributed by atoms with Gasteiger partial charge in [-0.15, -0.1) is 0 Å². The number of fused-ring (bicyclic) bond motifs is 3. The van der Waals surface area contributed by atoms with E-state index in [9.17, 15) is 23.1 Å². The highest BCUT2D eigenvalue weighted by Gasteiger charge is 2.60. The molecule has 0 amide bonds. The summed E-state index contributed by atoms with van der Waals surface area (Å²) in [6, 6.07) is 18.3. The highest BCUT2D eigenvalue weighted by Crippen LogP contribution is 2.55. The van der Waals surface area contributed by atoms with Gasteiger partial charge in [-0.05, 0) is 17.2 Å². The Labute approximate surface area is 147 Å². The number of carbonyl (C=O) groups is 1. The third kappa shape index (κ3) is 2.21. The zero-order chi connectivity index (χ0) is 18.5. The van der Waals surface area contributed by atoms with Crippen LogP contribution in [0.25, 0.3) is 11.1 Å². The van der Waals surface area contributed by atoms with E-state index in [-0.39, 0.29) is 22.3 Å². The fourth-order valence-electron chi connectivity index (χ4n) is 3.46. The van der Waals surface area contributed by atoms with Gasteiger partial charge in [0, 0.05) is 22.3 Å². The molecule has 1 aliphatic rings. The van der Waals surface area contributed by atoms with E-state index in [0.717, 1.165) is 6.07 Å². The van der Waals surface area contributed by atoms with Gasteiger partial charge in [-0.25, -0.2) is 0 Å². The summed E-state index contributed by atoms with van der Waals surface area (Å²) in [6.45, 7) is 0. The number of ketones is 1. The number of rotatable bonds is 2. The molecule has 0 heterocycles. The zero-order valence-corrected chi connectivity index (χ0v) is 13.4. The van der Waals surface area contributed by atoms with Crippen LogP contribution in [-0.4, -0.2) is 17.1 Å². The Kier molecular flexibility index (Phi) is 3.53. The van der Waals surface area contributed by atoms with Gasteiger partial charge in [-0.1, -0.05) is 66.7 Å². The van der Waals surface area contributed by atoms with Crippen molar-refractivity contribution < 1.29 is 23.1 Å². The SMILES string of the molecule is O=C(c1ccccc1)c1ccc2c(c1)C(O)(C(F)(F)F)c1ccccc1-2. The van der Waals surface area contributed by atoms with Crippen LogP contribution in [0.15, 0.2) is 72.8 Å². The molecule has 5 heteroatoms. The third-order valence-corrected chi connectivity index (χ3v) is 4.72. The fourth-order valence-corrected chi connectivity index (χ4v) is 3.46. The molecule has 1 aliphatic carbocycles. The maximum absolute atomic E-state index is 13.8. The Morgan fingerprint density at radius 3 is 2.08 bits per heavy atom. The number of aliphatic hydroxyl groups is 1. The summed E-state index contributed by atoms with van der Waals surface area (Å²) >= 11 is 0. The van der Waals surface area contributed by atoms with Crippen LogP contribution in [0, 0.1) is 0 Å². The van der Waals surface area contributed by atoms with E-state index < -0.39 is 17.6 Å². The van der Waals surface area contributed by atoms with Crippen molar-refractivity contribution in [3.63, 3.8) is 0 Å². The highest BCUT2D eigenvalue weighted by molar-refractivity contribution is 6.09. The Bertz CT molecular complexity index is 1010. The van der Waals surface area contributed by atoms with Crippen molar-refractivity contribution in [3.8, 4) is 11.1 Å². The Morgan fingerprint density at radius 2 is 1.38 bits per heavy atom. The molecular weight excluding hydrogens is 341 g/mol. The molecule has 0 aromatic heterocycles. The van der Waals surface area contributed by atoms with Crippen molar-refractivity contribution in [3.05, 3.63) is 95.1 Å². The molecule has 1 N–H and O–H groups in total. The maximum Gasteiger partial charge on any atom is 0.425 e. The Morgan fingerprint density at radius 1 is 0.769 bits per heavy atom. The molecule has 1 unspecified atom stereocenters. The standard InChI is InChI=1S/C21H13F3O2/c22-21(23,24)20(26)17-9-5-4-8-15(17)16-11-10-14(12-18(16)20)19(25)13-6-2-1-3-7-13/h1-12,26H. The predicted octanol–water partition coefficient (Wildman–Crippen LogP) is 4.70. The van der Waals surface area contributed by atoms with Gasteiger partial charge < -0.3 is 5.11 Å². The summed E-state index contributed by atoms with van der Waals surface area (Å²) in [5.41, 5.74) is -2.58. The van der Waals surface area contributed by atoms with Gasteiger partial charge in [0.15, 0.2) is 5.78 Å². The molecule has 0 aliphatic heterocycles. The first-order valence-corrected chi connectivity index (χ1v) is 7.97. The molecule has 3 aromatic carbocycles. The molecule has 0 saturated carbocycles. The molecule has 0 saturated heterocycles. The summed E-state index contributed by atoms with van der Waals surface area (Å²) in [6.07, 6.45) is -4.91. The molecule has 0 radical (unpaired) electrons. The van der Waals surface area contributed by atoms with Crippen LogP contribution < -0.4 is 0 Å². The van der Waals surface area contributed by atoms with E-state index in [4.69, 9.17) is 0 Å². The van der Waals surface area contributed by atoms with Crippen molar-refractivity contribution in [2.75, 3.05) is 0 Å². The molecule has 0 bridgehead atoms. The third-order valence-electron chi connectivity index (χ3n) is 4.72. The number of halogens is 3. The highest BCUT2D eigenvalue weighted by atomic mass is 19.4. The molecule has 0 fully saturated rings. The topological polar surface area (TPSA) is 37.3 Å². The van der Waals surface area contributed by atoms with Gasteiger partial charge in [-0.2, -0.15) is 13.2 Å². The number of alkyl halides is 3. The van der Waals surface area contributed by atoms with Crippen LogP contribution in [0.2, 0.25) is 0 Å². The number of hydrogen-bond donors (Lipinski definition) is 1. The molecule has 0 spiro atoms. The lowest BCUT2D eigenvalue weighted by molar-refractivity contribution is -0.246. The second-order valence-electron chi connectivity index (χ2n) is 6.21. The average Bonchev–Trinajstić information content (AvgIpc) is 2.92. The quantitative estimate of drug-likeness (QED) is 0.678. The van der Waals surface area contributed by atoms with Gasteiger partial charge in [0.1, 0.15) is 0 Å². The van der Waals surface area contributed by atoms with Crippen LogP contribution in [-0.2, 0) is 5.60 Å². The smallest absolute Gasteiger partial charge is 0.372 e. The first kappa shape index (κ1) is 16.5. The van der Waals surface area contributed by atoms with Crippen molar-refractivity contribution in [1.82, 2.24) is 0 Å². The average molecular weight is 354 g/mol. The molecule has 1 atom stereocenters.